The van der Waals surface area contributed by atoms with E-state index in [1.54, 1.807) is 12.1 Å². The van der Waals surface area contributed by atoms with Crippen LogP contribution in [-0.4, -0.2) is 33.8 Å². The van der Waals surface area contributed by atoms with E-state index in [1.807, 2.05) is 66.7 Å². The fourth-order valence-corrected chi connectivity index (χ4v) is 8.43. The van der Waals surface area contributed by atoms with Gasteiger partial charge in [-0.3, -0.25) is 14.5 Å². The van der Waals surface area contributed by atoms with Crippen LogP contribution in [0.1, 0.15) is 27.8 Å². The van der Waals surface area contributed by atoms with E-state index < -0.39 is 44.3 Å². The Morgan fingerprint density at radius 1 is 0.765 bits per heavy atom. The van der Waals surface area contributed by atoms with Gasteiger partial charge >= 0.3 is 5.97 Å². The number of carbonyl (C=O) groups excluding carboxylic acids is 2. The van der Waals surface area contributed by atoms with Crippen LogP contribution in [0.15, 0.2) is 78.9 Å². The summed E-state index contributed by atoms with van der Waals surface area (Å²) in [4.78, 5) is 41.5. The lowest BCUT2D eigenvalue weighted by Crippen LogP contribution is -2.56. The Morgan fingerprint density at radius 2 is 1.15 bits per heavy atom. The van der Waals surface area contributed by atoms with E-state index in [0.29, 0.717) is 0 Å². The zero-order chi connectivity index (χ0) is 23.8. The minimum atomic E-state index is -1.29. The summed E-state index contributed by atoms with van der Waals surface area (Å²) in [5.74, 6) is -3.66. The summed E-state index contributed by atoms with van der Waals surface area (Å²) in [6.07, 6.45) is 0.0531. The molecule has 2 bridgehead atoms. The molecule has 5 nitrogen and oxygen atoms in total. The number of nitrogens with zero attached hydrogens (tertiary/aromatic N) is 1. The maximum Gasteiger partial charge on any atom is 0.327 e. The summed E-state index contributed by atoms with van der Waals surface area (Å²) in [6.45, 7) is 0. The van der Waals surface area contributed by atoms with Gasteiger partial charge in [0.15, 0.2) is 0 Å². The SMILES string of the molecule is O=C(O)[C@H](Cc1ccccc1)N1C(=O)[C@@H]2[C@@H](C1=O)C1(Br)c3ccccc3C2(Br)c2ccccc21. The van der Waals surface area contributed by atoms with Gasteiger partial charge < -0.3 is 5.11 Å². The van der Waals surface area contributed by atoms with Gasteiger partial charge in [-0.1, -0.05) is 111 Å². The third kappa shape index (κ3) is 2.57. The van der Waals surface area contributed by atoms with Crippen molar-refractivity contribution in [2.45, 2.75) is 21.1 Å². The minimum absolute atomic E-state index is 0.0531. The number of carbonyl (C=O) groups is 3. The second-order valence-corrected chi connectivity index (χ2v) is 11.6. The first-order chi connectivity index (χ1) is 16.3. The number of carboxylic acids is 1. The molecule has 3 aliphatic carbocycles. The van der Waals surface area contributed by atoms with Crippen molar-refractivity contribution in [1.29, 1.82) is 0 Å². The zero-order valence-corrected chi connectivity index (χ0v) is 21.0. The van der Waals surface area contributed by atoms with Crippen molar-refractivity contribution >= 4 is 49.6 Å². The second kappa shape index (κ2) is 7.36. The van der Waals surface area contributed by atoms with E-state index >= 15 is 0 Å². The van der Waals surface area contributed by atoms with Gasteiger partial charge in [0, 0.05) is 6.42 Å². The molecule has 1 fully saturated rings. The number of imide groups is 1. The Bertz CT molecular complexity index is 1250. The van der Waals surface area contributed by atoms with Gasteiger partial charge in [0.05, 0.1) is 20.5 Å². The van der Waals surface area contributed by atoms with Crippen LogP contribution in [0.3, 0.4) is 0 Å². The van der Waals surface area contributed by atoms with Crippen LogP contribution in [-0.2, 0) is 29.5 Å². The first kappa shape index (κ1) is 21.7. The van der Waals surface area contributed by atoms with Crippen molar-refractivity contribution in [3.63, 3.8) is 0 Å². The summed E-state index contributed by atoms with van der Waals surface area (Å²) in [5.41, 5.74) is 4.44. The molecule has 7 heteroatoms. The van der Waals surface area contributed by atoms with Crippen molar-refractivity contribution in [1.82, 2.24) is 4.90 Å². The Labute approximate surface area is 213 Å². The maximum absolute atomic E-state index is 14.0. The van der Waals surface area contributed by atoms with Gasteiger partial charge in [-0.05, 0) is 27.8 Å². The molecular weight excluding hydrogens is 562 g/mol. The Morgan fingerprint density at radius 3 is 1.53 bits per heavy atom. The van der Waals surface area contributed by atoms with Gasteiger partial charge in [0.2, 0.25) is 11.8 Å². The van der Waals surface area contributed by atoms with Crippen LogP contribution in [0.5, 0.6) is 0 Å². The molecule has 1 heterocycles. The molecule has 4 aliphatic rings. The molecule has 1 saturated heterocycles. The van der Waals surface area contributed by atoms with E-state index in [2.05, 4.69) is 31.9 Å². The standard InChI is InChI=1S/C27H19Br2NO4/c28-26-16-10-4-5-11-17(16)27(29,19-13-7-6-12-18(19)26)22-21(26)23(31)30(24(22)32)20(25(33)34)14-15-8-2-1-3-9-15/h1-13,20-22H,14H2,(H,33,34)/t20-,21-,22-,26?,27?/m0/s1. The van der Waals surface area contributed by atoms with Crippen LogP contribution in [0.2, 0.25) is 0 Å². The molecular formula is C27H19Br2NO4. The molecule has 1 N–H and O–H groups in total. The zero-order valence-electron chi connectivity index (χ0n) is 17.8. The quantitative estimate of drug-likeness (QED) is 0.362. The highest BCUT2D eigenvalue weighted by Crippen LogP contribution is 2.70. The minimum Gasteiger partial charge on any atom is -0.480 e. The van der Waals surface area contributed by atoms with Gasteiger partial charge in [-0.25, -0.2) is 4.79 Å². The molecule has 3 atom stereocenters. The predicted molar refractivity (Wildman–Crippen MR) is 133 cm³/mol. The Kier molecular flexibility index (Phi) is 4.71. The maximum atomic E-state index is 14.0. The number of rotatable bonds is 4. The van der Waals surface area contributed by atoms with E-state index in [4.69, 9.17) is 0 Å². The van der Waals surface area contributed by atoms with Crippen LogP contribution in [0.4, 0.5) is 0 Å². The first-order valence-electron chi connectivity index (χ1n) is 11.0. The van der Waals surface area contributed by atoms with E-state index in [9.17, 15) is 19.5 Å². The van der Waals surface area contributed by atoms with Crippen LogP contribution in [0, 0.1) is 11.8 Å². The smallest absolute Gasteiger partial charge is 0.327 e. The van der Waals surface area contributed by atoms with Crippen LogP contribution < -0.4 is 0 Å². The van der Waals surface area contributed by atoms with Crippen molar-refractivity contribution < 1.29 is 19.5 Å². The topological polar surface area (TPSA) is 74.7 Å². The molecule has 0 aromatic heterocycles. The number of benzene rings is 3. The highest BCUT2D eigenvalue weighted by atomic mass is 79.9. The third-order valence-corrected chi connectivity index (χ3v) is 10.2. The molecule has 2 amide bonds. The van der Waals surface area contributed by atoms with Gasteiger partial charge in [-0.2, -0.15) is 0 Å². The number of likely N-dealkylation sites (tertiary alicyclic amines) is 1. The Hall–Kier alpha value is -2.77. The second-order valence-electron chi connectivity index (χ2n) is 9.06. The number of hydrogen-bond donors (Lipinski definition) is 1. The lowest BCUT2D eigenvalue weighted by molar-refractivity contribution is -0.155. The number of amides is 2. The molecule has 170 valence electrons. The van der Waals surface area contributed by atoms with Crippen molar-refractivity contribution in [3.8, 4) is 0 Å². The van der Waals surface area contributed by atoms with Crippen molar-refractivity contribution in [2.75, 3.05) is 0 Å². The average Bonchev–Trinajstić information content (AvgIpc) is 3.12. The normalized spacial score (nSPS) is 29.4. The number of carboxylic acid groups (broad SMARTS) is 1. The third-order valence-electron chi connectivity index (χ3n) is 7.49. The van der Waals surface area contributed by atoms with Gasteiger partial charge in [0.1, 0.15) is 6.04 Å². The molecule has 0 spiro atoms. The summed E-state index contributed by atoms with van der Waals surface area (Å²) < 4.78 is -1.87. The fraction of sp³-hybridized carbons (Fsp3) is 0.222. The van der Waals surface area contributed by atoms with Crippen molar-refractivity contribution in [2.24, 2.45) is 11.8 Å². The molecule has 3 aromatic rings. The summed E-state index contributed by atoms with van der Waals surface area (Å²) in [7, 11) is 0. The molecule has 0 unspecified atom stereocenters. The lowest BCUT2D eigenvalue weighted by Gasteiger charge is -2.55. The predicted octanol–water partition coefficient (Wildman–Crippen LogP) is 4.59. The summed E-state index contributed by atoms with van der Waals surface area (Å²) in [5, 5.41) is 10.1. The molecule has 3 aromatic carbocycles. The van der Waals surface area contributed by atoms with Crippen molar-refractivity contribution in [3.05, 3.63) is 107 Å². The lowest BCUT2D eigenvalue weighted by atomic mass is 9.54. The highest BCUT2D eigenvalue weighted by Gasteiger charge is 2.73. The van der Waals surface area contributed by atoms with Crippen LogP contribution in [0.25, 0.3) is 0 Å². The van der Waals surface area contributed by atoms with Gasteiger partial charge in [0.25, 0.3) is 0 Å². The first-order valence-corrected chi connectivity index (χ1v) is 12.6. The molecule has 0 radical (unpaired) electrons. The molecule has 34 heavy (non-hydrogen) atoms. The number of aliphatic carboxylic acids is 1. The van der Waals surface area contributed by atoms with E-state index in [0.717, 1.165) is 32.7 Å². The van der Waals surface area contributed by atoms with E-state index in [-0.39, 0.29) is 6.42 Å². The molecule has 7 rings (SSSR count). The van der Waals surface area contributed by atoms with Crippen LogP contribution >= 0.6 is 31.9 Å². The summed E-state index contributed by atoms with van der Waals surface area (Å²) >= 11 is 7.88. The number of alkyl halides is 2. The fourth-order valence-electron chi connectivity index (χ4n) is 6.12. The number of halogens is 2. The molecule has 0 saturated carbocycles. The largest absolute Gasteiger partial charge is 0.480 e. The van der Waals surface area contributed by atoms with E-state index in [1.165, 1.54) is 0 Å². The summed E-state index contributed by atoms with van der Waals surface area (Å²) in [6, 6.07) is 23.4. The Balaban J connectivity index is 1.55. The average molecular weight is 581 g/mol. The number of hydrogen-bond acceptors (Lipinski definition) is 3. The molecule has 1 aliphatic heterocycles. The highest BCUT2D eigenvalue weighted by molar-refractivity contribution is 9.10. The monoisotopic (exact) mass is 579 g/mol. The van der Waals surface area contributed by atoms with Gasteiger partial charge in [-0.15, -0.1) is 0 Å².